The lowest BCUT2D eigenvalue weighted by atomic mass is 10.0. The maximum Gasteiger partial charge on any atom is 0.325 e. The van der Waals surface area contributed by atoms with Gasteiger partial charge in [0.15, 0.2) is 0 Å². The minimum atomic E-state index is -0.298. The Bertz CT molecular complexity index is 342. The number of rotatable bonds is 4. The molecule has 19 heavy (non-hydrogen) atoms. The molecule has 0 aromatic heterocycles. The van der Waals surface area contributed by atoms with E-state index in [-0.39, 0.29) is 24.6 Å². The minimum Gasteiger partial charge on any atom is -0.465 e. The number of amides is 2. The van der Waals surface area contributed by atoms with Gasteiger partial charge in [0.25, 0.3) is 0 Å². The van der Waals surface area contributed by atoms with E-state index in [1.807, 2.05) is 4.90 Å². The molecule has 1 aliphatic carbocycles. The van der Waals surface area contributed by atoms with Crippen molar-refractivity contribution in [2.24, 2.45) is 5.92 Å². The molecule has 2 fully saturated rings. The average Bonchev–Trinajstić information content (AvgIpc) is 3.20. The van der Waals surface area contributed by atoms with Crippen LogP contribution in [0.5, 0.6) is 0 Å². The highest BCUT2D eigenvalue weighted by Crippen LogP contribution is 2.28. The van der Waals surface area contributed by atoms with Crippen LogP contribution in [0.2, 0.25) is 0 Å². The SMILES string of the molecule is CCOC(=O)CN(C(=O)N1CCCC(C)C1)C1CC1. The van der Waals surface area contributed by atoms with E-state index in [9.17, 15) is 9.59 Å². The Hall–Kier alpha value is -1.26. The summed E-state index contributed by atoms with van der Waals surface area (Å²) in [5.41, 5.74) is 0. The molecule has 2 aliphatic rings. The van der Waals surface area contributed by atoms with E-state index in [4.69, 9.17) is 4.74 Å². The number of ether oxygens (including phenoxy) is 1. The van der Waals surface area contributed by atoms with Crippen LogP contribution in [0.25, 0.3) is 0 Å². The van der Waals surface area contributed by atoms with Crippen molar-refractivity contribution >= 4 is 12.0 Å². The highest BCUT2D eigenvalue weighted by molar-refractivity contribution is 5.81. The van der Waals surface area contributed by atoms with Crippen molar-refractivity contribution in [2.45, 2.75) is 45.6 Å². The summed E-state index contributed by atoms with van der Waals surface area (Å²) in [5, 5.41) is 0. The number of piperidine rings is 1. The zero-order chi connectivity index (χ0) is 13.8. The van der Waals surface area contributed by atoms with Crippen LogP contribution in [0.4, 0.5) is 4.79 Å². The van der Waals surface area contributed by atoms with Crippen molar-refractivity contribution in [3.05, 3.63) is 0 Å². The van der Waals surface area contributed by atoms with Gasteiger partial charge in [-0.3, -0.25) is 4.79 Å². The van der Waals surface area contributed by atoms with Crippen LogP contribution in [0.3, 0.4) is 0 Å². The van der Waals surface area contributed by atoms with Gasteiger partial charge in [-0.15, -0.1) is 0 Å². The fourth-order valence-electron chi connectivity index (χ4n) is 2.63. The van der Waals surface area contributed by atoms with Crippen molar-refractivity contribution in [3.8, 4) is 0 Å². The molecule has 1 aliphatic heterocycles. The fraction of sp³-hybridized carbons (Fsp3) is 0.857. The molecule has 2 rings (SSSR count). The summed E-state index contributed by atoms with van der Waals surface area (Å²) in [4.78, 5) is 27.7. The molecule has 0 spiro atoms. The molecule has 0 aromatic rings. The van der Waals surface area contributed by atoms with Gasteiger partial charge in [0.1, 0.15) is 6.54 Å². The summed E-state index contributed by atoms with van der Waals surface area (Å²) in [6.07, 6.45) is 4.26. The highest BCUT2D eigenvalue weighted by Gasteiger charge is 2.37. The first-order valence-electron chi connectivity index (χ1n) is 7.33. The summed E-state index contributed by atoms with van der Waals surface area (Å²) in [7, 11) is 0. The quantitative estimate of drug-likeness (QED) is 0.731. The summed E-state index contributed by atoms with van der Waals surface area (Å²) in [6.45, 7) is 6.05. The molecule has 1 atom stereocenters. The first kappa shape index (κ1) is 14.2. The van der Waals surface area contributed by atoms with Crippen LogP contribution in [-0.2, 0) is 9.53 Å². The van der Waals surface area contributed by atoms with Gasteiger partial charge in [-0.2, -0.15) is 0 Å². The van der Waals surface area contributed by atoms with Crippen molar-refractivity contribution in [1.82, 2.24) is 9.80 Å². The zero-order valence-corrected chi connectivity index (χ0v) is 11.9. The summed E-state index contributed by atoms with van der Waals surface area (Å²) in [5.74, 6) is 0.258. The van der Waals surface area contributed by atoms with E-state index >= 15 is 0 Å². The molecule has 1 unspecified atom stereocenters. The van der Waals surface area contributed by atoms with Gasteiger partial charge in [-0.25, -0.2) is 4.79 Å². The first-order valence-corrected chi connectivity index (χ1v) is 7.33. The van der Waals surface area contributed by atoms with Crippen LogP contribution in [0, 0.1) is 5.92 Å². The predicted molar refractivity (Wildman–Crippen MR) is 71.7 cm³/mol. The second-order valence-corrected chi connectivity index (χ2v) is 5.64. The molecule has 5 heteroatoms. The Morgan fingerprint density at radius 3 is 2.63 bits per heavy atom. The Morgan fingerprint density at radius 2 is 2.05 bits per heavy atom. The van der Waals surface area contributed by atoms with Crippen LogP contribution in [0.1, 0.15) is 39.5 Å². The average molecular weight is 268 g/mol. The maximum absolute atomic E-state index is 12.5. The Balaban J connectivity index is 1.94. The van der Waals surface area contributed by atoms with Crippen LogP contribution < -0.4 is 0 Å². The molecule has 5 nitrogen and oxygen atoms in total. The minimum absolute atomic E-state index is 0.0158. The van der Waals surface area contributed by atoms with Gasteiger partial charge in [0.05, 0.1) is 6.61 Å². The Morgan fingerprint density at radius 1 is 1.32 bits per heavy atom. The molecule has 0 radical (unpaired) electrons. The van der Waals surface area contributed by atoms with Crippen LogP contribution >= 0.6 is 0 Å². The number of hydrogen-bond donors (Lipinski definition) is 0. The monoisotopic (exact) mass is 268 g/mol. The second kappa shape index (κ2) is 6.26. The third-order valence-electron chi connectivity index (χ3n) is 3.77. The lowest BCUT2D eigenvalue weighted by Crippen LogP contribution is -2.49. The van der Waals surface area contributed by atoms with Gasteiger partial charge >= 0.3 is 12.0 Å². The number of hydrogen-bond acceptors (Lipinski definition) is 3. The van der Waals surface area contributed by atoms with E-state index < -0.39 is 0 Å². The van der Waals surface area contributed by atoms with Crippen molar-refractivity contribution in [3.63, 3.8) is 0 Å². The largest absolute Gasteiger partial charge is 0.465 e. The van der Waals surface area contributed by atoms with E-state index in [2.05, 4.69) is 6.92 Å². The maximum atomic E-state index is 12.5. The van der Waals surface area contributed by atoms with Crippen molar-refractivity contribution < 1.29 is 14.3 Å². The van der Waals surface area contributed by atoms with Gasteiger partial charge < -0.3 is 14.5 Å². The number of likely N-dealkylation sites (tertiary alicyclic amines) is 1. The van der Waals surface area contributed by atoms with E-state index in [0.29, 0.717) is 12.5 Å². The number of nitrogens with zero attached hydrogens (tertiary/aromatic N) is 2. The molecule has 1 saturated heterocycles. The predicted octanol–water partition coefficient (Wildman–Crippen LogP) is 1.87. The van der Waals surface area contributed by atoms with Crippen LogP contribution in [0.15, 0.2) is 0 Å². The third-order valence-corrected chi connectivity index (χ3v) is 3.77. The molecule has 0 aromatic carbocycles. The molecular formula is C14H24N2O3. The van der Waals surface area contributed by atoms with Crippen molar-refractivity contribution in [2.75, 3.05) is 26.2 Å². The second-order valence-electron chi connectivity index (χ2n) is 5.64. The molecule has 1 saturated carbocycles. The number of esters is 1. The topological polar surface area (TPSA) is 49.9 Å². The summed E-state index contributed by atoms with van der Waals surface area (Å²) >= 11 is 0. The lowest BCUT2D eigenvalue weighted by Gasteiger charge is -2.35. The number of urea groups is 1. The van der Waals surface area contributed by atoms with Gasteiger partial charge in [-0.05, 0) is 38.5 Å². The molecule has 0 bridgehead atoms. The Labute approximate surface area is 114 Å². The smallest absolute Gasteiger partial charge is 0.325 e. The van der Waals surface area contributed by atoms with Gasteiger partial charge in [0, 0.05) is 19.1 Å². The van der Waals surface area contributed by atoms with Gasteiger partial charge in [0.2, 0.25) is 0 Å². The molecule has 2 amide bonds. The Kier molecular flexibility index (Phi) is 4.66. The van der Waals surface area contributed by atoms with E-state index in [0.717, 1.165) is 32.4 Å². The molecular weight excluding hydrogens is 244 g/mol. The summed E-state index contributed by atoms with van der Waals surface area (Å²) < 4.78 is 4.96. The van der Waals surface area contributed by atoms with E-state index in [1.54, 1.807) is 11.8 Å². The molecule has 1 heterocycles. The normalized spacial score (nSPS) is 23.1. The standard InChI is InChI=1S/C14H24N2O3/c1-3-19-13(17)10-16(12-6-7-12)14(18)15-8-4-5-11(2)9-15/h11-12H,3-10H2,1-2H3. The molecule has 108 valence electrons. The van der Waals surface area contributed by atoms with E-state index in [1.165, 1.54) is 6.42 Å². The van der Waals surface area contributed by atoms with Gasteiger partial charge in [-0.1, -0.05) is 6.92 Å². The fourth-order valence-corrected chi connectivity index (χ4v) is 2.63. The molecule has 0 N–H and O–H groups in total. The number of carbonyl (C=O) groups is 2. The highest BCUT2D eigenvalue weighted by atomic mass is 16.5. The van der Waals surface area contributed by atoms with Crippen molar-refractivity contribution in [1.29, 1.82) is 0 Å². The lowest BCUT2D eigenvalue weighted by molar-refractivity contribution is -0.144. The third kappa shape index (κ3) is 3.85. The van der Waals surface area contributed by atoms with Crippen LogP contribution in [-0.4, -0.2) is 54.1 Å². The number of carbonyl (C=O) groups excluding carboxylic acids is 2. The first-order chi connectivity index (χ1) is 9.11. The summed E-state index contributed by atoms with van der Waals surface area (Å²) in [6, 6.07) is 0.260. The zero-order valence-electron chi connectivity index (χ0n) is 11.9.